The third-order valence-electron chi connectivity index (χ3n) is 4.76. The van der Waals surface area contributed by atoms with Crippen LogP contribution < -0.4 is 0 Å². The number of carbonyl (C=O) groups excluding carboxylic acids is 2. The minimum Gasteiger partial charge on any atom is -0.507 e. The maximum Gasteiger partial charge on any atom is 0.169 e. The molecule has 0 aromatic heterocycles. The normalized spacial score (nSPS) is 23.8. The van der Waals surface area contributed by atoms with Crippen molar-refractivity contribution >= 4 is 22.3 Å². The molecule has 5 nitrogen and oxygen atoms in total. The van der Waals surface area contributed by atoms with Gasteiger partial charge in [0.15, 0.2) is 5.78 Å². The molecule has 2 aromatic carbocycles. The Bertz CT molecular complexity index is 839. The van der Waals surface area contributed by atoms with Crippen molar-refractivity contribution in [1.29, 1.82) is 0 Å². The number of hydrogen-bond donors (Lipinski definition) is 3. The van der Waals surface area contributed by atoms with Crippen molar-refractivity contribution in [2.75, 3.05) is 0 Å². The fraction of sp³-hybridized carbons (Fsp3) is 0.333. The molecule has 0 unspecified atom stereocenters. The SMILES string of the molecule is CC[C@]1(O)CC(=O)c2c(cc3cccc(O)c3c2O)[C@H]1C(C)=O. The molecular weight excluding hydrogens is 296 g/mol. The molecule has 0 amide bonds. The summed E-state index contributed by atoms with van der Waals surface area (Å²) in [4.78, 5) is 24.6. The van der Waals surface area contributed by atoms with E-state index in [0.717, 1.165) is 0 Å². The van der Waals surface area contributed by atoms with Crippen molar-refractivity contribution in [2.24, 2.45) is 0 Å². The number of hydrogen-bond acceptors (Lipinski definition) is 5. The van der Waals surface area contributed by atoms with Gasteiger partial charge >= 0.3 is 0 Å². The summed E-state index contributed by atoms with van der Waals surface area (Å²) in [5.74, 6) is -2.03. The number of rotatable bonds is 2. The van der Waals surface area contributed by atoms with Gasteiger partial charge in [-0.1, -0.05) is 19.1 Å². The first-order valence-electron chi connectivity index (χ1n) is 7.53. The van der Waals surface area contributed by atoms with Gasteiger partial charge in [-0.3, -0.25) is 9.59 Å². The molecule has 0 radical (unpaired) electrons. The number of benzene rings is 2. The lowest BCUT2D eigenvalue weighted by Gasteiger charge is -2.39. The molecule has 2 atom stereocenters. The van der Waals surface area contributed by atoms with Crippen LogP contribution in [0.4, 0.5) is 0 Å². The average Bonchev–Trinajstić information content (AvgIpc) is 2.46. The molecule has 0 spiro atoms. The van der Waals surface area contributed by atoms with Gasteiger partial charge in [0.25, 0.3) is 0 Å². The van der Waals surface area contributed by atoms with E-state index in [4.69, 9.17) is 0 Å². The fourth-order valence-corrected chi connectivity index (χ4v) is 3.64. The Hall–Kier alpha value is -2.40. The van der Waals surface area contributed by atoms with Crippen molar-refractivity contribution in [3.05, 3.63) is 35.4 Å². The highest BCUT2D eigenvalue weighted by Crippen LogP contribution is 2.48. The van der Waals surface area contributed by atoms with E-state index >= 15 is 0 Å². The number of fused-ring (bicyclic) bond motifs is 2. The monoisotopic (exact) mass is 314 g/mol. The zero-order chi connectivity index (χ0) is 16.9. The third kappa shape index (κ3) is 2.11. The van der Waals surface area contributed by atoms with Gasteiger partial charge in [-0.2, -0.15) is 0 Å². The van der Waals surface area contributed by atoms with E-state index in [1.807, 2.05) is 0 Å². The van der Waals surface area contributed by atoms with Gasteiger partial charge in [-0.05, 0) is 36.4 Å². The molecular formula is C18H18O5. The van der Waals surface area contributed by atoms with Gasteiger partial charge in [0, 0.05) is 6.42 Å². The van der Waals surface area contributed by atoms with Crippen molar-refractivity contribution in [3.8, 4) is 11.5 Å². The molecule has 1 aliphatic carbocycles. The molecule has 0 bridgehead atoms. The summed E-state index contributed by atoms with van der Waals surface area (Å²) >= 11 is 0. The van der Waals surface area contributed by atoms with Gasteiger partial charge in [0.05, 0.1) is 22.5 Å². The van der Waals surface area contributed by atoms with Gasteiger partial charge in [-0.15, -0.1) is 0 Å². The highest BCUT2D eigenvalue weighted by molar-refractivity contribution is 6.11. The van der Waals surface area contributed by atoms with Crippen LogP contribution >= 0.6 is 0 Å². The first-order valence-corrected chi connectivity index (χ1v) is 7.53. The molecule has 0 fully saturated rings. The summed E-state index contributed by atoms with van der Waals surface area (Å²) in [5.41, 5.74) is -1.10. The second kappa shape index (κ2) is 5.06. The number of phenolic OH excluding ortho intramolecular Hbond substituents is 2. The van der Waals surface area contributed by atoms with Crippen molar-refractivity contribution in [1.82, 2.24) is 0 Å². The smallest absolute Gasteiger partial charge is 0.169 e. The van der Waals surface area contributed by atoms with Gasteiger partial charge in [0.1, 0.15) is 17.3 Å². The lowest BCUT2D eigenvalue weighted by atomic mass is 9.67. The molecule has 2 aromatic rings. The van der Waals surface area contributed by atoms with Gasteiger partial charge < -0.3 is 15.3 Å². The molecule has 120 valence electrons. The van der Waals surface area contributed by atoms with E-state index in [0.29, 0.717) is 10.9 Å². The van der Waals surface area contributed by atoms with E-state index in [1.165, 1.54) is 13.0 Å². The molecule has 0 aliphatic heterocycles. The first kappa shape index (κ1) is 15.5. The Morgan fingerprint density at radius 1 is 1.35 bits per heavy atom. The highest BCUT2D eigenvalue weighted by atomic mass is 16.3. The summed E-state index contributed by atoms with van der Waals surface area (Å²) in [6, 6.07) is 6.32. The van der Waals surface area contributed by atoms with E-state index in [-0.39, 0.29) is 41.1 Å². The summed E-state index contributed by atoms with van der Waals surface area (Å²) in [5, 5.41) is 32.0. The third-order valence-corrected chi connectivity index (χ3v) is 4.76. The van der Waals surface area contributed by atoms with Crippen molar-refractivity contribution < 1.29 is 24.9 Å². The zero-order valence-corrected chi connectivity index (χ0v) is 13.0. The number of Topliss-reactive ketones (excluding diaryl/α,β-unsaturated/α-hetero) is 2. The van der Waals surface area contributed by atoms with Gasteiger partial charge in [0.2, 0.25) is 0 Å². The Labute approximate surface area is 133 Å². The highest BCUT2D eigenvalue weighted by Gasteiger charge is 2.47. The largest absolute Gasteiger partial charge is 0.507 e. The first-order chi connectivity index (χ1) is 10.8. The van der Waals surface area contributed by atoms with Crippen LogP contribution in [0, 0.1) is 0 Å². The zero-order valence-electron chi connectivity index (χ0n) is 13.0. The summed E-state index contributed by atoms with van der Waals surface area (Å²) < 4.78 is 0. The number of ketones is 2. The molecule has 3 N–H and O–H groups in total. The lowest BCUT2D eigenvalue weighted by molar-refractivity contribution is -0.125. The second-order valence-electron chi connectivity index (χ2n) is 6.17. The van der Waals surface area contributed by atoms with Gasteiger partial charge in [-0.25, -0.2) is 0 Å². The lowest BCUT2D eigenvalue weighted by Crippen LogP contribution is -2.45. The standard InChI is InChI=1S/C18H18O5/c1-3-18(23)8-13(21)15-11(16(18)9(2)19)7-10-5-4-6-12(20)14(10)17(15)22/h4-7,16,20,22-23H,3,8H2,1-2H3/t16-,18+/m1/s1. The van der Waals surface area contributed by atoms with E-state index in [9.17, 15) is 24.9 Å². The van der Waals surface area contributed by atoms with Crippen LogP contribution in [-0.4, -0.2) is 32.5 Å². The maximum atomic E-state index is 12.5. The predicted molar refractivity (Wildman–Crippen MR) is 84.9 cm³/mol. The Morgan fingerprint density at radius 2 is 2.04 bits per heavy atom. The minimum atomic E-state index is -1.45. The van der Waals surface area contributed by atoms with E-state index < -0.39 is 17.3 Å². The predicted octanol–water partition coefficient (Wildman–Crippen LogP) is 2.65. The van der Waals surface area contributed by atoms with Crippen molar-refractivity contribution in [2.45, 2.75) is 38.2 Å². The van der Waals surface area contributed by atoms with Crippen LogP contribution in [0.25, 0.3) is 10.8 Å². The quantitative estimate of drug-likeness (QED) is 0.792. The number of phenols is 2. The van der Waals surface area contributed by atoms with E-state index in [1.54, 1.807) is 25.1 Å². The van der Waals surface area contributed by atoms with Crippen LogP contribution in [0.1, 0.15) is 48.5 Å². The maximum absolute atomic E-state index is 12.5. The second-order valence-corrected chi connectivity index (χ2v) is 6.17. The molecule has 0 saturated heterocycles. The topological polar surface area (TPSA) is 94.8 Å². The summed E-state index contributed by atoms with van der Waals surface area (Å²) in [6.07, 6.45) is 0.0225. The number of carbonyl (C=O) groups is 2. The van der Waals surface area contributed by atoms with Crippen LogP contribution in [-0.2, 0) is 4.79 Å². The molecule has 0 saturated carbocycles. The molecule has 3 rings (SSSR count). The molecule has 1 aliphatic rings. The Morgan fingerprint density at radius 3 is 2.65 bits per heavy atom. The average molecular weight is 314 g/mol. The van der Waals surface area contributed by atoms with Crippen LogP contribution in [0.2, 0.25) is 0 Å². The van der Waals surface area contributed by atoms with Crippen LogP contribution in [0.15, 0.2) is 24.3 Å². The minimum absolute atomic E-state index is 0.0253. The van der Waals surface area contributed by atoms with E-state index in [2.05, 4.69) is 0 Å². The van der Waals surface area contributed by atoms with Crippen LogP contribution in [0.3, 0.4) is 0 Å². The summed E-state index contributed by atoms with van der Waals surface area (Å²) in [7, 11) is 0. The van der Waals surface area contributed by atoms with Crippen molar-refractivity contribution in [3.63, 3.8) is 0 Å². The Balaban J connectivity index is 2.42. The fourth-order valence-electron chi connectivity index (χ4n) is 3.64. The van der Waals surface area contributed by atoms with Crippen LogP contribution in [0.5, 0.6) is 11.5 Å². The molecule has 0 heterocycles. The summed E-state index contributed by atoms with van der Waals surface area (Å²) in [6.45, 7) is 3.09. The number of aromatic hydroxyl groups is 2. The molecule has 23 heavy (non-hydrogen) atoms. The Kier molecular flexibility index (Phi) is 3.41. The number of aliphatic hydroxyl groups is 1. The molecule has 5 heteroatoms.